The number of alkyl carbamates (subject to hydrolysis) is 1. The molecule has 1 aromatic carbocycles. The minimum Gasteiger partial charge on any atom is -0.444 e. The first-order chi connectivity index (χ1) is 13.4. The third-order valence-electron chi connectivity index (χ3n) is 3.55. The lowest BCUT2D eigenvalue weighted by atomic mass is 10.2. The van der Waals surface area contributed by atoms with Crippen LogP contribution in [0.1, 0.15) is 32.9 Å². The zero-order chi connectivity index (χ0) is 20.4. The van der Waals surface area contributed by atoms with Crippen LogP contribution < -0.4 is 16.0 Å². The molecule has 0 fully saturated rings. The Hall–Kier alpha value is -1.88. The number of amides is 1. The molecule has 0 radical (unpaired) electrons. The van der Waals surface area contributed by atoms with Gasteiger partial charge in [-0.05, 0) is 27.2 Å². The molecule has 0 aliphatic carbocycles. The molecule has 2 rings (SSSR count). The van der Waals surface area contributed by atoms with Crippen molar-refractivity contribution >= 4 is 47.4 Å². The molecule has 2 aromatic rings. The van der Waals surface area contributed by atoms with Gasteiger partial charge >= 0.3 is 6.09 Å². The number of carbonyl (C=O) groups is 1. The van der Waals surface area contributed by atoms with Crippen LogP contribution in [0.4, 0.5) is 4.79 Å². The summed E-state index contributed by atoms with van der Waals surface area (Å²) >= 11 is 1.63. The number of thiazole rings is 1. The number of nitrogens with zero attached hydrogens (tertiary/aromatic N) is 2. The van der Waals surface area contributed by atoms with Gasteiger partial charge in [0, 0.05) is 31.1 Å². The molecule has 29 heavy (non-hydrogen) atoms. The monoisotopic (exact) mass is 531 g/mol. The van der Waals surface area contributed by atoms with E-state index in [1.54, 1.807) is 18.4 Å². The molecular weight excluding hydrogens is 501 g/mol. The number of benzene rings is 1. The summed E-state index contributed by atoms with van der Waals surface area (Å²) in [5.41, 5.74) is 1.61. The highest BCUT2D eigenvalue weighted by Gasteiger charge is 2.15. The average molecular weight is 531 g/mol. The Bertz CT molecular complexity index is 775. The van der Waals surface area contributed by atoms with Gasteiger partial charge in [0.25, 0.3) is 0 Å². The van der Waals surface area contributed by atoms with Crippen molar-refractivity contribution in [1.82, 2.24) is 20.9 Å². The number of halogens is 1. The van der Waals surface area contributed by atoms with Crippen molar-refractivity contribution in [2.24, 2.45) is 4.99 Å². The van der Waals surface area contributed by atoms with Gasteiger partial charge in [-0.3, -0.25) is 4.99 Å². The molecule has 0 saturated heterocycles. The van der Waals surface area contributed by atoms with E-state index in [1.165, 1.54) is 0 Å². The molecule has 1 heterocycles. The number of aromatic nitrogens is 1. The zero-order valence-electron chi connectivity index (χ0n) is 17.3. The fourth-order valence-electron chi connectivity index (χ4n) is 2.30. The molecule has 0 aliphatic heterocycles. The van der Waals surface area contributed by atoms with Gasteiger partial charge in [0.15, 0.2) is 5.96 Å². The lowest BCUT2D eigenvalue weighted by molar-refractivity contribution is 0.0527. The van der Waals surface area contributed by atoms with E-state index < -0.39 is 11.7 Å². The Kier molecular flexibility index (Phi) is 11.0. The van der Waals surface area contributed by atoms with Crippen LogP contribution in [-0.2, 0) is 11.3 Å². The number of nitrogens with one attached hydrogen (secondary N) is 3. The molecular formula is C20H30IN5O2S. The molecule has 1 aromatic heterocycles. The van der Waals surface area contributed by atoms with Crippen LogP contribution in [-0.4, -0.2) is 42.8 Å². The SMILES string of the molecule is CN=C(NCCCNC(=O)OC(C)(C)C)NCc1csc(-c2ccccc2)n1.I. The first kappa shape index (κ1) is 25.2. The fraction of sp³-hybridized carbons (Fsp3) is 0.450. The van der Waals surface area contributed by atoms with Gasteiger partial charge in [-0.2, -0.15) is 0 Å². The smallest absolute Gasteiger partial charge is 0.407 e. The summed E-state index contributed by atoms with van der Waals surface area (Å²) < 4.78 is 5.20. The molecule has 0 unspecified atom stereocenters. The standard InChI is InChI=1S/C20H29N5O2S.HI/c1-20(2,3)27-19(26)23-12-8-11-22-18(21-4)24-13-16-14-28-17(25-16)15-9-6-5-7-10-15;/h5-7,9-10,14H,8,11-13H2,1-4H3,(H,23,26)(H2,21,22,24);1H. The van der Waals surface area contributed by atoms with Crippen LogP contribution in [0.2, 0.25) is 0 Å². The quantitative estimate of drug-likeness (QED) is 0.218. The number of aliphatic imine (C=N–C) groups is 1. The van der Waals surface area contributed by atoms with Gasteiger partial charge in [-0.25, -0.2) is 9.78 Å². The van der Waals surface area contributed by atoms with E-state index in [4.69, 9.17) is 4.74 Å². The fourth-order valence-corrected chi connectivity index (χ4v) is 3.12. The Morgan fingerprint density at radius 3 is 2.48 bits per heavy atom. The lowest BCUT2D eigenvalue weighted by Crippen LogP contribution is -2.39. The first-order valence-electron chi connectivity index (χ1n) is 9.28. The van der Waals surface area contributed by atoms with E-state index >= 15 is 0 Å². The molecule has 9 heteroatoms. The predicted octanol–water partition coefficient (Wildman–Crippen LogP) is 4.01. The largest absolute Gasteiger partial charge is 0.444 e. The number of carbonyl (C=O) groups excluding carboxylic acids is 1. The van der Waals surface area contributed by atoms with Crippen molar-refractivity contribution < 1.29 is 9.53 Å². The zero-order valence-corrected chi connectivity index (χ0v) is 20.5. The number of hydrogen-bond acceptors (Lipinski definition) is 5. The number of rotatable bonds is 7. The van der Waals surface area contributed by atoms with Crippen molar-refractivity contribution in [2.45, 2.75) is 39.3 Å². The summed E-state index contributed by atoms with van der Waals surface area (Å²) in [6, 6.07) is 10.1. The molecule has 1 amide bonds. The Morgan fingerprint density at radius 2 is 1.83 bits per heavy atom. The Labute approximate surface area is 193 Å². The molecule has 0 saturated carbocycles. The van der Waals surface area contributed by atoms with Crippen molar-refractivity contribution in [3.05, 3.63) is 41.4 Å². The topological polar surface area (TPSA) is 87.6 Å². The van der Waals surface area contributed by atoms with Crippen LogP contribution in [0.15, 0.2) is 40.7 Å². The number of hydrogen-bond donors (Lipinski definition) is 3. The third-order valence-corrected chi connectivity index (χ3v) is 4.49. The minimum absolute atomic E-state index is 0. The molecule has 0 aliphatic rings. The van der Waals surface area contributed by atoms with E-state index in [-0.39, 0.29) is 24.0 Å². The number of guanidine groups is 1. The molecule has 0 spiro atoms. The highest BCUT2D eigenvalue weighted by Crippen LogP contribution is 2.23. The Morgan fingerprint density at radius 1 is 1.14 bits per heavy atom. The van der Waals surface area contributed by atoms with E-state index in [0.717, 1.165) is 22.7 Å². The van der Waals surface area contributed by atoms with Crippen LogP contribution in [0.25, 0.3) is 10.6 Å². The van der Waals surface area contributed by atoms with Gasteiger partial charge in [-0.1, -0.05) is 30.3 Å². The molecule has 0 atom stereocenters. The van der Waals surface area contributed by atoms with Crippen LogP contribution in [0.3, 0.4) is 0 Å². The maximum Gasteiger partial charge on any atom is 0.407 e. The highest BCUT2D eigenvalue weighted by molar-refractivity contribution is 14.0. The summed E-state index contributed by atoms with van der Waals surface area (Å²) in [6.07, 6.45) is 0.363. The molecule has 7 nitrogen and oxygen atoms in total. The van der Waals surface area contributed by atoms with Gasteiger partial charge < -0.3 is 20.7 Å². The summed E-state index contributed by atoms with van der Waals surface area (Å²) in [7, 11) is 1.73. The second-order valence-electron chi connectivity index (χ2n) is 7.14. The summed E-state index contributed by atoms with van der Waals surface area (Å²) in [5, 5.41) is 12.3. The molecule has 3 N–H and O–H groups in total. The maximum atomic E-state index is 11.6. The van der Waals surface area contributed by atoms with Gasteiger partial charge in [0.2, 0.25) is 0 Å². The third kappa shape index (κ3) is 9.93. The van der Waals surface area contributed by atoms with Crippen molar-refractivity contribution in [3.63, 3.8) is 0 Å². The van der Waals surface area contributed by atoms with Gasteiger partial charge in [0.05, 0.1) is 12.2 Å². The van der Waals surface area contributed by atoms with Crippen LogP contribution in [0, 0.1) is 0 Å². The van der Waals surface area contributed by atoms with E-state index in [1.807, 2.05) is 44.4 Å². The summed E-state index contributed by atoms with van der Waals surface area (Å²) in [5.74, 6) is 0.700. The normalized spacial score (nSPS) is 11.4. The minimum atomic E-state index is -0.482. The van der Waals surface area contributed by atoms with Crippen LogP contribution >= 0.6 is 35.3 Å². The Balaban J connectivity index is 0.00000420. The van der Waals surface area contributed by atoms with Gasteiger partial charge in [-0.15, -0.1) is 35.3 Å². The first-order valence-corrected chi connectivity index (χ1v) is 10.2. The summed E-state index contributed by atoms with van der Waals surface area (Å²) in [6.45, 7) is 7.34. The second-order valence-corrected chi connectivity index (χ2v) is 8.00. The lowest BCUT2D eigenvalue weighted by Gasteiger charge is -2.19. The average Bonchev–Trinajstić information content (AvgIpc) is 3.12. The van der Waals surface area contributed by atoms with Gasteiger partial charge in [0.1, 0.15) is 10.6 Å². The van der Waals surface area contributed by atoms with Crippen molar-refractivity contribution in [3.8, 4) is 10.6 Å². The van der Waals surface area contributed by atoms with Crippen molar-refractivity contribution in [2.75, 3.05) is 20.1 Å². The molecule has 0 bridgehead atoms. The maximum absolute atomic E-state index is 11.6. The predicted molar refractivity (Wildman–Crippen MR) is 130 cm³/mol. The molecule has 160 valence electrons. The number of ether oxygens (including phenoxy) is 1. The second kappa shape index (κ2) is 12.6. The van der Waals surface area contributed by atoms with E-state index in [2.05, 4.69) is 38.1 Å². The highest BCUT2D eigenvalue weighted by atomic mass is 127. The van der Waals surface area contributed by atoms with E-state index in [0.29, 0.717) is 25.6 Å². The summed E-state index contributed by atoms with van der Waals surface area (Å²) in [4.78, 5) is 20.4. The van der Waals surface area contributed by atoms with E-state index in [9.17, 15) is 4.79 Å². The van der Waals surface area contributed by atoms with Crippen LogP contribution in [0.5, 0.6) is 0 Å². The van der Waals surface area contributed by atoms with Crippen molar-refractivity contribution in [1.29, 1.82) is 0 Å².